The molecule has 0 heterocycles. The van der Waals surface area contributed by atoms with E-state index in [1.54, 1.807) is 6.92 Å². The van der Waals surface area contributed by atoms with Crippen LogP contribution in [0.4, 0.5) is 0 Å². The van der Waals surface area contributed by atoms with E-state index in [4.69, 9.17) is 9.47 Å². The summed E-state index contributed by atoms with van der Waals surface area (Å²) in [5, 5.41) is 0. The number of hydrogen-bond donors (Lipinski definition) is 0. The molecule has 0 unspecified atom stereocenters. The minimum Gasteiger partial charge on any atom is -0.463 e. The summed E-state index contributed by atoms with van der Waals surface area (Å²) in [5.41, 5.74) is 0.469. The topological polar surface area (TPSA) is 52.6 Å². The Morgan fingerprint density at radius 3 is 1.33 bits per heavy atom. The van der Waals surface area contributed by atoms with Crippen molar-refractivity contribution in [3.8, 4) is 0 Å². The van der Waals surface area contributed by atoms with E-state index in [-0.39, 0.29) is 11.9 Å². The van der Waals surface area contributed by atoms with Crippen LogP contribution in [0.15, 0.2) is 24.8 Å². The number of esters is 2. The predicted molar refractivity (Wildman–Crippen MR) is 141 cm³/mol. The van der Waals surface area contributed by atoms with Crippen LogP contribution in [0.3, 0.4) is 0 Å². The monoisotopic (exact) mass is 466 g/mol. The van der Waals surface area contributed by atoms with Gasteiger partial charge >= 0.3 is 11.9 Å². The molecule has 0 saturated heterocycles. The fourth-order valence-corrected chi connectivity index (χ4v) is 3.31. The lowest BCUT2D eigenvalue weighted by molar-refractivity contribution is -0.139. The molecule has 0 aliphatic carbocycles. The van der Waals surface area contributed by atoms with Crippen molar-refractivity contribution in [2.24, 2.45) is 0 Å². The minimum atomic E-state index is -0.300. The molecule has 0 N–H and O–H groups in total. The van der Waals surface area contributed by atoms with Crippen LogP contribution in [0.25, 0.3) is 0 Å². The molecule has 0 rings (SSSR count). The molecule has 194 valence electrons. The van der Waals surface area contributed by atoms with Crippen molar-refractivity contribution >= 4 is 11.9 Å². The Labute approximate surface area is 205 Å². The Balaban J connectivity index is 0. The second-order valence-corrected chi connectivity index (χ2v) is 8.94. The maximum absolute atomic E-state index is 10.8. The summed E-state index contributed by atoms with van der Waals surface area (Å²) in [6.45, 7) is 13.9. The minimum absolute atomic E-state index is 0.284. The van der Waals surface area contributed by atoms with Gasteiger partial charge in [0, 0.05) is 11.6 Å². The lowest BCUT2D eigenvalue weighted by atomic mass is 10.0. The highest BCUT2D eigenvalue weighted by molar-refractivity contribution is 5.86. The average molecular weight is 467 g/mol. The van der Waals surface area contributed by atoms with Gasteiger partial charge in [-0.3, -0.25) is 0 Å². The zero-order chi connectivity index (χ0) is 25.0. The van der Waals surface area contributed by atoms with Crippen molar-refractivity contribution in [2.75, 3.05) is 13.2 Å². The second kappa shape index (κ2) is 28.5. The molecule has 0 fully saturated rings. The molecular weight excluding hydrogens is 412 g/mol. The van der Waals surface area contributed by atoms with Crippen molar-refractivity contribution in [1.29, 1.82) is 0 Å². The van der Waals surface area contributed by atoms with Gasteiger partial charge in [0.25, 0.3) is 0 Å². The van der Waals surface area contributed by atoms with E-state index in [0.29, 0.717) is 18.8 Å². The third-order valence-corrected chi connectivity index (χ3v) is 5.49. The Bertz CT molecular complexity index is 470. The van der Waals surface area contributed by atoms with Crippen molar-refractivity contribution < 1.29 is 19.1 Å². The van der Waals surface area contributed by atoms with Crippen LogP contribution in [0.5, 0.6) is 0 Å². The number of carbonyl (C=O) groups is 2. The van der Waals surface area contributed by atoms with Crippen LogP contribution in [-0.2, 0) is 19.1 Å². The first-order valence-electron chi connectivity index (χ1n) is 13.6. The molecular formula is C29H54O4. The van der Waals surface area contributed by atoms with E-state index >= 15 is 0 Å². The highest BCUT2D eigenvalue weighted by Gasteiger charge is 2.00. The molecule has 0 aliphatic heterocycles. The summed E-state index contributed by atoms with van der Waals surface area (Å²) < 4.78 is 9.76. The van der Waals surface area contributed by atoms with Crippen LogP contribution < -0.4 is 0 Å². The fourth-order valence-electron chi connectivity index (χ4n) is 3.31. The summed E-state index contributed by atoms with van der Waals surface area (Å²) in [7, 11) is 0. The van der Waals surface area contributed by atoms with Gasteiger partial charge in [0.2, 0.25) is 0 Å². The molecule has 0 aliphatic rings. The molecule has 0 radical (unpaired) electrons. The zero-order valence-corrected chi connectivity index (χ0v) is 22.3. The summed E-state index contributed by atoms with van der Waals surface area (Å²) >= 11 is 0. The number of rotatable bonds is 22. The van der Waals surface area contributed by atoms with Gasteiger partial charge in [-0.15, -0.1) is 0 Å². The normalized spacial score (nSPS) is 10.2. The van der Waals surface area contributed by atoms with Crippen LogP contribution in [0.2, 0.25) is 0 Å². The van der Waals surface area contributed by atoms with Gasteiger partial charge in [-0.25, -0.2) is 9.59 Å². The fraction of sp³-hybridized carbons (Fsp3) is 0.793. The molecule has 0 amide bonds. The quantitative estimate of drug-likeness (QED) is 0.0908. The van der Waals surface area contributed by atoms with Gasteiger partial charge in [-0.1, -0.05) is 130 Å². The summed E-state index contributed by atoms with van der Waals surface area (Å²) in [6, 6.07) is 0. The largest absolute Gasteiger partial charge is 0.463 e. The van der Waals surface area contributed by atoms with Crippen LogP contribution >= 0.6 is 0 Å². The van der Waals surface area contributed by atoms with Gasteiger partial charge in [0.1, 0.15) is 0 Å². The van der Waals surface area contributed by atoms with E-state index in [1.807, 2.05) is 0 Å². The Morgan fingerprint density at radius 2 is 0.970 bits per heavy atom. The van der Waals surface area contributed by atoms with Crippen molar-refractivity contribution in [1.82, 2.24) is 0 Å². The first kappa shape index (κ1) is 33.6. The van der Waals surface area contributed by atoms with E-state index in [0.717, 1.165) is 19.3 Å². The number of carbonyl (C=O) groups excluding carboxylic acids is 2. The molecule has 4 heteroatoms. The van der Waals surface area contributed by atoms with E-state index in [1.165, 1.54) is 102 Å². The molecule has 0 aromatic carbocycles. The molecule has 0 aromatic heterocycles. The highest BCUT2D eigenvalue weighted by atomic mass is 16.5. The van der Waals surface area contributed by atoms with Crippen molar-refractivity contribution in [3.05, 3.63) is 24.8 Å². The lowest BCUT2D eigenvalue weighted by Gasteiger charge is -2.04. The second-order valence-electron chi connectivity index (χ2n) is 8.94. The maximum atomic E-state index is 10.8. The molecule has 0 saturated carbocycles. The van der Waals surface area contributed by atoms with Crippen LogP contribution in [0.1, 0.15) is 136 Å². The standard InChI is InChI=1S/C21H40O2.C8H14O2/c1-3-5-6-7-8-9-10-11-12-13-14-15-16-17-18-19-20-23-21(22)4-2;1-4-5-6-10-8(9)7(2)3/h4H,2-3,5-20H2,1H3;2,4-6H2,1,3H3. The lowest BCUT2D eigenvalue weighted by Crippen LogP contribution is -2.05. The predicted octanol–water partition coefficient (Wildman–Crippen LogP) is 8.88. The van der Waals surface area contributed by atoms with Crippen molar-refractivity contribution in [2.45, 2.75) is 136 Å². The van der Waals surface area contributed by atoms with Gasteiger partial charge in [-0.2, -0.15) is 0 Å². The molecule has 33 heavy (non-hydrogen) atoms. The van der Waals surface area contributed by atoms with Crippen LogP contribution in [-0.4, -0.2) is 25.2 Å². The van der Waals surface area contributed by atoms with E-state index in [9.17, 15) is 9.59 Å². The van der Waals surface area contributed by atoms with Gasteiger partial charge < -0.3 is 9.47 Å². The smallest absolute Gasteiger partial charge is 0.333 e. The SMILES string of the molecule is C=C(C)C(=O)OCCCC.C=CC(=O)OCCCCCCCCCCCCCCCCCC. The molecule has 0 atom stereocenters. The van der Waals surface area contributed by atoms with Gasteiger partial charge in [-0.05, 0) is 19.8 Å². The Kier molecular flexibility index (Phi) is 29.0. The van der Waals surface area contributed by atoms with Crippen LogP contribution in [0, 0.1) is 0 Å². The zero-order valence-electron chi connectivity index (χ0n) is 22.3. The third-order valence-electron chi connectivity index (χ3n) is 5.49. The van der Waals surface area contributed by atoms with Crippen molar-refractivity contribution in [3.63, 3.8) is 0 Å². The summed E-state index contributed by atoms with van der Waals surface area (Å²) in [6.07, 6.45) is 25.0. The maximum Gasteiger partial charge on any atom is 0.333 e. The number of hydrogen-bond acceptors (Lipinski definition) is 4. The average Bonchev–Trinajstić information content (AvgIpc) is 2.81. The number of ether oxygens (including phenoxy) is 2. The molecule has 0 aromatic rings. The molecule has 4 nitrogen and oxygen atoms in total. The highest BCUT2D eigenvalue weighted by Crippen LogP contribution is 2.13. The van der Waals surface area contributed by atoms with E-state index in [2.05, 4.69) is 27.0 Å². The Hall–Kier alpha value is -1.58. The third kappa shape index (κ3) is 30.4. The first-order chi connectivity index (χ1) is 16.0. The summed E-state index contributed by atoms with van der Waals surface area (Å²) in [4.78, 5) is 21.5. The van der Waals surface area contributed by atoms with E-state index < -0.39 is 0 Å². The van der Waals surface area contributed by atoms with Gasteiger partial charge in [0.15, 0.2) is 0 Å². The first-order valence-corrected chi connectivity index (χ1v) is 13.6. The van der Waals surface area contributed by atoms with Gasteiger partial charge in [0.05, 0.1) is 13.2 Å². The molecule has 0 bridgehead atoms. The Morgan fingerprint density at radius 1 is 0.606 bits per heavy atom. The molecule has 0 spiro atoms. The summed E-state index contributed by atoms with van der Waals surface area (Å²) in [5.74, 6) is -0.584. The number of unbranched alkanes of at least 4 members (excludes halogenated alkanes) is 16.